The molecule has 0 radical (unpaired) electrons. The highest BCUT2D eigenvalue weighted by Crippen LogP contribution is 2.38. The van der Waals surface area contributed by atoms with E-state index in [1.54, 1.807) is 4.90 Å². The van der Waals surface area contributed by atoms with E-state index in [0.29, 0.717) is 55.5 Å². The van der Waals surface area contributed by atoms with E-state index >= 15 is 0 Å². The molecule has 5 rings (SSSR count). The van der Waals surface area contributed by atoms with Crippen LogP contribution in [-0.2, 0) is 9.53 Å². The van der Waals surface area contributed by atoms with Crippen LogP contribution in [-0.4, -0.2) is 71.1 Å². The fourth-order valence-corrected chi connectivity index (χ4v) is 5.06. The molecule has 0 bridgehead atoms. The topological polar surface area (TPSA) is 109 Å². The van der Waals surface area contributed by atoms with Crippen molar-refractivity contribution in [2.24, 2.45) is 5.92 Å². The molecule has 1 saturated carbocycles. The number of H-pyrrole nitrogens is 1. The second-order valence-electron chi connectivity index (χ2n) is 10.8. The van der Waals surface area contributed by atoms with Gasteiger partial charge in [0, 0.05) is 37.5 Å². The lowest BCUT2D eigenvalue weighted by atomic mass is 9.98. The van der Waals surface area contributed by atoms with Crippen molar-refractivity contribution in [3.63, 3.8) is 0 Å². The lowest BCUT2D eigenvalue weighted by molar-refractivity contribution is -0.136. The van der Waals surface area contributed by atoms with Crippen LogP contribution in [0.25, 0.3) is 22.3 Å². The number of carbonyl (C=O) groups is 2. The summed E-state index contributed by atoms with van der Waals surface area (Å²) in [6.45, 7) is 8.21. The van der Waals surface area contributed by atoms with Gasteiger partial charge >= 0.3 is 0 Å². The Labute approximate surface area is 223 Å². The third-order valence-corrected chi connectivity index (χ3v) is 7.55. The first-order valence-electron chi connectivity index (χ1n) is 13.5. The molecule has 3 aromatic rings. The first kappa shape index (κ1) is 26.2. The molecule has 1 aromatic carbocycles. The smallest absolute Gasteiger partial charge is 0.255 e. The third-order valence-electron chi connectivity index (χ3n) is 7.55. The number of likely N-dealkylation sites (tertiary alicyclic amines) is 1. The number of carbonyl (C=O) groups excluding carboxylic acids is 2. The molecule has 0 atom stereocenters. The highest BCUT2D eigenvalue weighted by molar-refractivity contribution is 6.09. The van der Waals surface area contributed by atoms with Crippen LogP contribution in [0, 0.1) is 12.8 Å². The van der Waals surface area contributed by atoms with Crippen LogP contribution < -0.4 is 10.1 Å². The minimum absolute atomic E-state index is 0.00935. The number of fused-ring (bicyclic) bond motifs is 1. The SMILES string of the molecule is COCC(=O)N1CCC(NC(=O)c2c(C)[nH]c3c(-c4cc(C(C)C)ccc4OCC4CC4)ncnc23)CC1. The van der Waals surface area contributed by atoms with E-state index in [0.717, 1.165) is 28.2 Å². The number of hydrogen-bond acceptors (Lipinski definition) is 6. The van der Waals surface area contributed by atoms with Crippen LogP contribution in [0.4, 0.5) is 0 Å². The zero-order valence-corrected chi connectivity index (χ0v) is 22.7. The number of nitrogens with zero attached hydrogens (tertiary/aromatic N) is 3. The normalized spacial score (nSPS) is 16.3. The van der Waals surface area contributed by atoms with Crippen LogP contribution in [0.3, 0.4) is 0 Å². The van der Waals surface area contributed by atoms with Crippen LogP contribution >= 0.6 is 0 Å². The summed E-state index contributed by atoms with van der Waals surface area (Å²) in [5, 5.41) is 3.17. The van der Waals surface area contributed by atoms with Crippen molar-refractivity contribution in [3.8, 4) is 17.0 Å². The minimum atomic E-state index is -0.166. The highest BCUT2D eigenvalue weighted by Gasteiger charge is 2.28. The summed E-state index contributed by atoms with van der Waals surface area (Å²) in [5.41, 5.74) is 5.44. The summed E-state index contributed by atoms with van der Waals surface area (Å²) in [6.07, 6.45) is 5.36. The Bertz CT molecular complexity index is 1320. The van der Waals surface area contributed by atoms with Crippen LogP contribution in [0.15, 0.2) is 24.5 Å². The summed E-state index contributed by atoms with van der Waals surface area (Å²) in [6, 6.07) is 6.28. The zero-order valence-electron chi connectivity index (χ0n) is 22.7. The highest BCUT2D eigenvalue weighted by atomic mass is 16.5. The van der Waals surface area contributed by atoms with Crippen molar-refractivity contribution in [2.45, 2.75) is 58.4 Å². The molecule has 2 fully saturated rings. The summed E-state index contributed by atoms with van der Waals surface area (Å²) >= 11 is 0. The first-order chi connectivity index (χ1) is 18.4. The Balaban J connectivity index is 1.41. The largest absolute Gasteiger partial charge is 0.493 e. The Kier molecular flexibility index (Phi) is 7.65. The molecule has 3 heterocycles. The van der Waals surface area contributed by atoms with Gasteiger partial charge in [0.2, 0.25) is 5.91 Å². The number of rotatable bonds is 9. The van der Waals surface area contributed by atoms with E-state index in [1.807, 2.05) is 13.0 Å². The van der Waals surface area contributed by atoms with Crippen LogP contribution in [0.5, 0.6) is 5.75 Å². The van der Waals surface area contributed by atoms with Crippen molar-refractivity contribution in [3.05, 3.63) is 41.3 Å². The summed E-state index contributed by atoms with van der Waals surface area (Å²) in [4.78, 5) is 39.9. The molecule has 1 saturated heterocycles. The maximum Gasteiger partial charge on any atom is 0.255 e. The van der Waals surface area contributed by atoms with Gasteiger partial charge in [-0.05, 0) is 62.1 Å². The third kappa shape index (κ3) is 5.53. The van der Waals surface area contributed by atoms with E-state index < -0.39 is 0 Å². The van der Waals surface area contributed by atoms with E-state index in [1.165, 1.54) is 31.8 Å². The van der Waals surface area contributed by atoms with Gasteiger partial charge in [0.25, 0.3) is 5.91 Å². The Morgan fingerprint density at radius 1 is 1.16 bits per heavy atom. The zero-order chi connectivity index (χ0) is 26.8. The summed E-state index contributed by atoms with van der Waals surface area (Å²) in [7, 11) is 1.52. The lowest BCUT2D eigenvalue weighted by Crippen LogP contribution is -2.47. The molecule has 0 unspecified atom stereocenters. The van der Waals surface area contributed by atoms with E-state index in [9.17, 15) is 9.59 Å². The van der Waals surface area contributed by atoms with Gasteiger partial charge in [0.15, 0.2) is 0 Å². The fourth-order valence-electron chi connectivity index (χ4n) is 5.06. The minimum Gasteiger partial charge on any atom is -0.493 e. The second kappa shape index (κ2) is 11.1. The first-order valence-corrected chi connectivity index (χ1v) is 13.5. The number of hydrogen-bond donors (Lipinski definition) is 2. The average Bonchev–Trinajstić information content (AvgIpc) is 3.67. The van der Waals surface area contributed by atoms with Crippen molar-refractivity contribution in [1.82, 2.24) is 25.2 Å². The van der Waals surface area contributed by atoms with Crippen LogP contribution in [0.1, 0.15) is 67.1 Å². The number of aryl methyl sites for hydroxylation is 1. The van der Waals surface area contributed by atoms with Crippen molar-refractivity contribution >= 4 is 22.8 Å². The Morgan fingerprint density at radius 2 is 1.92 bits per heavy atom. The van der Waals surface area contributed by atoms with Crippen molar-refractivity contribution in [2.75, 3.05) is 33.4 Å². The lowest BCUT2D eigenvalue weighted by Gasteiger charge is -2.32. The van der Waals surface area contributed by atoms with E-state index in [2.05, 4.69) is 46.2 Å². The van der Waals surface area contributed by atoms with Gasteiger partial charge in [0.05, 0.1) is 17.7 Å². The molecule has 2 aromatic heterocycles. The van der Waals surface area contributed by atoms with Crippen molar-refractivity contribution in [1.29, 1.82) is 0 Å². The molecule has 202 valence electrons. The van der Waals surface area contributed by atoms with Gasteiger partial charge in [-0.2, -0.15) is 0 Å². The van der Waals surface area contributed by atoms with Gasteiger partial charge < -0.3 is 24.7 Å². The van der Waals surface area contributed by atoms with Gasteiger partial charge in [-0.15, -0.1) is 0 Å². The summed E-state index contributed by atoms with van der Waals surface area (Å²) in [5.74, 6) is 1.60. The number of methoxy groups -OCH3 is 1. The number of aromatic amines is 1. The van der Waals surface area contributed by atoms with Gasteiger partial charge in [-0.1, -0.05) is 19.9 Å². The number of piperidine rings is 1. The predicted octanol–water partition coefficient (Wildman–Crippen LogP) is 4.21. The number of ether oxygens (including phenoxy) is 2. The molecule has 9 heteroatoms. The number of benzene rings is 1. The fraction of sp³-hybridized carbons (Fsp3) is 0.517. The maximum atomic E-state index is 13.5. The van der Waals surface area contributed by atoms with Crippen LogP contribution in [0.2, 0.25) is 0 Å². The quantitative estimate of drug-likeness (QED) is 0.438. The van der Waals surface area contributed by atoms with Crippen molar-refractivity contribution < 1.29 is 19.1 Å². The van der Waals surface area contributed by atoms with Gasteiger partial charge in [-0.3, -0.25) is 9.59 Å². The van der Waals surface area contributed by atoms with E-state index in [-0.39, 0.29) is 24.5 Å². The molecule has 1 aliphatic heterocycles. The monoisotopic (exact) mass is 519 g/mol. The Hall–Kier alpha value is -3.46. The Morgan fingerprint density at radius 3 is 2.61 bits per heavy atom. The maximum absolute atomic E-state index is 13.5. The molecule has 9 nitrogen and oxygen atoms in total. The molecular weight excluding hydrogens is 482 g/mol. The van der Waals surface area contributed by atoms with Gasteiger partial charge in [-0.25, -0.2) is 9.97 Å². The number of amides is 2. The summed E-state index contributed by atoms with van der Waals surface area (Å²) < 4.78 is 11.2. The standard InChI is InChI=1S/C29H37N5O4/c1-17(2)20-7-8-23(38-14-19-5-6-19)22(13-20)26-28-27(31-16-30-26)25(18(3)32-28)29(36)33-21-9-11-34(12-10-21)24(35)15-37-4/h7-8,13,16-17,19,21,32H,5-6,9-12,14-15H2,1-4H3,(H,33,36). The second-order valence-corrected chi connectivity index (χ2v) is 10.8. The molecule has 2 N–H and O–H groups in total. The average molecular weight is 520 g/mol. The van der Waals surface area contributed by atoms with Gasteiger partial charge in [0.1, 0.15) is 29.9 Å². The molecule has 1 aliphatic carbocycles. The molecular formula is C29H37N5O4. The molecule has 2 amide bonds. The number of nitrogens with one attached hydrogen (secondary N) is 2. The molecule has 0 spiro atoms. The molecule has 2 aliphatic rings. The number of aromatic nitrogens is 3. The predicted molar refractivity (Wildman–Crippen MR) is 145 cm³/mol. The van der Waals surface area contributed by atoms with E-state index in [4.69, 9.17) is 9.47 Å². The molecule has 38 heavy (non-hydrogen) atoms.